The van der Waals surface area contributed by atoms with Gasteiger partial charge in [-0.15, -0.1) is 59.7 Å². The number of hydrogen-bond acceptors (Lipinski definition) is 3. The minimum absolute atomic E-state index is 0. The van der Waals surface area contributed by atoms with Crippen molar-refractivity contribution in [3.8, 4) is 33.6 Å². The van der Waals surface area contributed by atoms with Crippen LogP contribution in [-0.4, -0.2) is 18.0 Å². The Labute approximate surface area is 297 Å². The van der Waals surface area contributed by atoms with Gasteiger partial charge >= 0.3 is 0 Å². The maximum Gasteiger partial charge on any atom is 0.123 e. The Balaban J connectivity index is 0.000000214. The van der Waals surface area contributed by atoms with Crippen molar-refractivity contribution in [2.75, 3.05) is 0 Å². The van der Waals surface area contributed by atoms with Crippen LogP contribution in [0.1, 0.15) is 32.2 Å². The summed E-state index contributed by atoms with van der Waals surface area (Å²) in [6.07, 6.45) is 3.82. The van der Waals surface area contributed by atoms with Crippen molar-refractivity contribution < 1.29 is 25.9 Å². The van der Waals surface area contributed by atoms with E-state index >= 15 is 0 Å². The van der Waals surface area contributed by atoms with Gasteiger partial charge in [0.25, 0.3) is 0 Å². The summed E-state index contributed by atoms with van der Waals surface area (Å²) >= 11 is 1.70. The largest absolute Gasteiger partial charge is 0.305 e. The predicted molar refractivity (Wildman–Crippen MR) is 197 cm³/mol. The zero-order valence-corrected chi connectivity index (χ0v) is 31.6. The average Bonchev–Trinajstić information content (AvgIpc) is 3.43. The zero-order chi connectivity index (χ0) is 33.3. The Morgan fingerprint density at radius 3 is 2.32 bits per heavy atom. The summed E-state index contributed by atoms with van der Waals surface area (Å²) < 4.78 is 24.3. The molecule has 6 heteroatoms. The molecular weight excluding hydrogens is 792 g/mol. The van der Waals surface area contributed by atoms with E-state index in [1.54, 1.807) is 29.7 Å². The van der Waals surface area contributed by atoms with Gasteiger partial charge in [0.05, 0.1) is 8.07 Å². The molecule has 1 radical (unpaired) electrons. The summed E-state index contributed by atoms with van der Waals surface area (Å²) in [6, 6.07) is 37.6. The second kappa shape index (κ2) is 14.5. The molecule has 3 heterocycles. The molecule has 7 aromatic rings. The molecule has 0 amide bonds. The summed E-state index contributed by atoms with van der Waals surface area (Å²) in [7, 11) is -1.27. The molecule has 7 rings (SSSR count). The van der Waals surface area contributed by atoms with E-state index in [1.807, 2.05) is 62.4 Å². The van der Waals surface area contributed by atoms with Crippen LogP contribution in [0, 0.1) is 24.9 Å². The van der Waals surface area contributed by atoms with Crippen molar-refractivity contribution in [3.63, 3.8) is 0 Å². The molecule has 0 unspecified atom stereocenters. The molecule has 0 aliphatic heterocycles. The molecule has 239 valence electrons. The number of rotatable bonds is 5. The van der Waals surface area contributed by atoms with Crippen LogP contribution in [0.4, 0.5) is 4.39 Å². The van der Waals surface area contributed by atoms with Crippen LogP contribution >= 0.6 is 11.3 Å². The van der Waals surface area contributed by atoms with Crippen LogP contribution in [0.5, 0.6) is 0 Å². The molecule has 0 spiro atoms. The van der Waals surface area contributed by atoms with Crippen molar-refractivity contribution in [3.05, 3.63) is 139 Å². The fourth-order valence-corrected chi connectivity index (χ4v) is 8.65. The van der Waals surface area contributed by atoms with Crippen LogP contribution in [0.25, 0.3) is 53.8 Å². The average molecular weight is 830 g/mol. The molecule has 0 saturated carbocycles. The van der Waals surface area contributed by atoms with E-state index in [-0.39, 0.29) is 25.9 Å². The molecule has 0 aliphatic carbocycles. The van der Waals surface area contributed by atoms with Crippen LogP contribution in [-0.2, 0) is 20.1 Å². The maximum atomic E-state index is 13.7. The molecular formula is C41H37FIrN2SSi-2. The van der Waals surface area contributed by atoms with Gasteiger partial charge in [0, 0.05) is 38.6 Å². The van der Waals surface area contributed by atoms with Gasteiger partial charge in [0.1, 0.15) is 5.82 Å². The van der Waals surface area contributed by atoms with E-state index in [4.69, 9.17) is 1.37 Å². The first kappa shape index (κ1) is 33.1. The number of halogens is 1. The molecule has 2 nitrogen and oxygen atoms in total. The maximum absolute atomic E-state index is 13.7. The van der Waals surface area contributed by atoms with Gasteiger partial charge in [-0.3, -0.25) is 0 Å². The first-order valence-electron chi connectivity index (χ1n) is 15.9. The molecule has 47 heavy (non-hydrogen) atoms. The summed E-state index contributed by atoms with van der Waals surface area (Å²) in [4.78, 5) is 9.15. The quantitative estimate of drug-likeness (QED) is 0.128. The van der Waals surface area contributed by atoms with E-state index in [9.17, 15) is 4.39 Å². The number of aromatic nitrogens is 2. The first-order valence-corrected chi connectivity index (χ1v) is 19.7. The summed E-state index contributed by atoms with van der Waals surface area (Å²) in [5.41, 5.74) is 8.01. The van der Waals surface area contributed by atoms with Gasteiger partial charge < -0.3 is 9.97 Å². The summed E-state index contributed by atoms with van der Waals surface area (Å²) in [5, 5.41) is 3.77. The Hall–Kier alpha value is -3.80. The van der Waals surface area contributed by atoms with E-state index in [1.165, 1.54) is 22.2 Å². The number of aryl methyl sites for hydroxylation is 1. The standard InChI is InChI=1S/C26H19FNS.C15H18NSi.Ir/c1-16(2)17-11-12-28-24(14-17)23-8-4-7-22-21-10-9-19(15-25(21)29-26(22)23)18-5-3-6-20(27)13-18;1-12-10-14(13-8-6-5-7-9-13)16-11-15(12)17(2,3)4;/h3-7,9-16H,1-2H3;5-8,10-11H,1-4H3;/q2*-1;/i16D;;. The van der Waals surface area contributed by atoms with Gasteiger partial charge in [-0.2, -0.15) is 11.3 Å². The smallest absolute Gasteiger partial charge is 0.123 e. The van der Waals surface area contributed by atoms with E-state index < -0.39 is 14.0 Å². The number of hydrogen-bond donors (Lipinski definition) is 0. The monoisotopic (exact) mass is 830 g/mol. The Morgan fingerprint density at radius 2 is 1.62 bits per heavy atom. The van der Waals surface area contributed by atoms with Crippen molar-refractivity contribution in [1.82, 2.24) is 9.97 Å². The fraction of sp³-hybridized carbons (Fsp3) is 0.171. The van der Waals surface area contributed by atoms with E-state index in [0.717, 1.165) is 54.0 Å². The number of benzene rings is 4. The Bertz CT molecular complexity index is 2200. The summed E-state index contributed by atoms with van der Waals surface area (Å²) in [6.45, 7) is 13.0. The third-order valence-electron chi connectivity index (χ3n) is 8.09. The first-order chi connectivity index (χ1) is 22.4. The minimum Gasteiger partial charge on any atom is -0.305 e. The van der Waals surface area contributed by atoms with E-state index in [0.29, 0.717) is 0 Å². The second-order valence-corrected chi connectivity index (χ2v) is 18.9. The third-order valence-corrected chi connectivity index (χ3v) is 11.4. The van der Waals surface area contributed by atoms with Crippen molar-refractivity contribution in [2.24, 2.45) is 0 Å². The van der Waals surface area contributed by atoms with Crippen LogP contribution in [0.2, 0.25) is 19.6 Å². The van der Waals surface area contributed by atoms with Crippen molar-refractivity contribution in [2.45, 2.75) is 46.3 Å². The molecule has 3 aromatic heterocycles. The van der Waals surface area contributed by atoms with Crippen molar-refractivity contribution in [1.29, 1.82) is 0 Å². The Kier molecular flexibility index (Phi) is 10.2. The number of fused-ring (bicyclic) bond motifs is 3. The topological polar surface area (TPSA) is 25.8 Å². The molecule has 0 bridgehead atoms. The second-order valence-electron chi connectivity index (χ2n) is 12.8. The number of nitrogens with zero attached hydrogens (tertiary/aromatic N) is 2. The van der Waals surface area contributed by atoms with Crippen LogP contribution in [0.3, 0.4) is 0 Å². The third kappa shape index (κ3) is 7.68. The molecule has 0 N–H and O–H groups in total. The van der Waals surface area contributed by atoms with Gasteiger partial charge in [0.15, 0.2) is 0 Å². The predicted octanol–water partition coefficient (Wildman–Crippen LogP) is 11.2. The van der Waals surface area contributed by atoms with Gasteiger partial charge in [0.2, 0.25) is 0 Å². The van der Waals surface area contributed by atoms with E-state index in [2.05, 4.69) is 85.2 Å². The molecule has 0 atom stereocenters. The zero-order valence-electron chi connectivity index (χ0n) is 28.4. The van der Waals surface area contributed by atoms with Crippen LogP contribution < -0.4 is 5.19 Å². The number of pyridine rings is 2. The fourth-order valence-electron chi connectivity index (χ4n) is 5.70. The van der Waals surface area contributed by atoms with Gasteiger partial charge in [-0.25, -0.2) is 4.39 Å². The van der Waals surface area contributed by atoms with Gasteiger partial charge in [-0.05, 0) is 74.9 Å². The summed E-state index contributed by atoms with van der Waals surface area (Å²) in [5.74, 6) is -0.921. The molecule has 0 fully saturated rings. The SMILES string of the molecule is Cc1cc(-c2[c-]cccc2)ncc1[Si](C)(C)C.[2H]C(C)(C)c1ccnc(-c2[c-]ccc3c2sc2cc(-c4cccc(F)c4)ccc23)c1.[Ir]. The minimum atomic E-state index is -1.27. The molecule has 0 aliphatic rings. The van der Waals surface area contributed by atoms with Crippen molar-refractivity contribution >= 4 is 44.8 Å². The number of thiophene rings is 1. The van der Waals surface area contributed by atoms with Gasteiger partial charge in [-0.1, -0.05) is 86.4 Å². The Morgan fingerprint density at radius 1 is 0.809 bits per heavy atom. The molecule has 4 aromatic carbocycles. The van der Waals surface area contributed by atoms with Crippen LogP contribution in [0.15, 0.2) is 109 Å². The normalized spacial score (nSPS) is 11.9. The molecule has 0 saturated heterocycles.